The number of likely N-dealkylation sites (tertiary alicyclic amines) is 1. The maximum Gasteiger partial charge on any atom is 0.222 e. The Morgan fingerprint density at radius 2 is 1.90 bits per heavy atom. The van der Waals surface area contributed by atoms with Crippen LogP contribution in [-0.4, -0.2) is 36.0 Å². The van der Waals surface area contributed by atoms with E-state index in [4.69, 9.17) is 0 Å². The van der Waals surface area contributed by atoms with Gasteiger partial charge in [-0.15, -0.1) is 0 Å². The molecule has 3 heteroatoms. The summed E-state index contributed by atoms with van der Waals surface area (Å²) in [5.74, 6) is 2.16. The molecule has 114 valence electrons. The standard InChI is InChI=1S/C17H30N2O/c1-12(2)17(20)18-15-9-14(8-13-6-7-13)10-19(11-15)16-4-3-5-16/h12-16H,3-11H2,1-2H3,(H,18,20). The molecule has 0 bridgehead atoms. The third kappa shape index (κ3) is 3.55. The molecule has 0 aromatic rings. The van der Waals surface area contributed by atoms with Crippen molar-refractivity contribution in [1.29, 1.82) is 0 Å². The average Bonchev–Trinajstić information content (AvgIpc) is 3.10. The van der Waals surface area contributed by atoms with Crippen molar-refractivity contribution in [2.24, 2.45) is 17.8 Å². The summed E-state index contributed by atoms with van der Waals surface area (Å²) < 4.78 is 0. The Kier molecular flexibility index (Phi) is 4.34. The predicted octanol–water partition coefficient (Wildman–Crippen LogP) is 2.80. The van der Waals surface area contributed by atoms with Gasteiger partial charge in [0.2, 0.25) is 5.91 Å². The normalized spacial score (nSPS) is 32.1. The monoisotopic (exact) mass is 278 g/mol. The zero-order chi connectivity index (χ0) is 14.1. The van der Waals surface area contributed by atoms with Crippen LogP contribution >= 0.6 is 0 Å². The summed E-state index contributed by atoms with van der Waals surface area (Å²) in [7, 11) is 0. The van der Waals surface area contributed by atoms with Gasteiger partial charge in [0, 0.05) is 31.1 Å². The second kappa shape index (κ2) is 6.05. The summed E-state index contributed by atoms with van der Waals surface area (Å²) in [6, 6.07) is 1.21. The smallest absolute Gasteiger partial charge is 0.222 e. The van der Waals surface area contributed by atoms with Crippen LogP contribution in [0, 0.1) is 17.8 Å². The van der Waals surface area contributed by atoms with E-state index >= 15 is 0 Å². The van der Waals surface area contributed by atoms with Crippen molar-refractivity contribution in [2.75, 3.05) is 13.1 Å². The maximum absolute atomic E-state index is 12.0. The Labute approximate surface area is 123 Å². The fraction of sp³-hybridized carbons (Fsp3) is 0.941. The molecule has 1 amide bonds. The molecule has 3 fully saturated rings. The topological polar surface area (TPSA) is 32.3 Å². The Morgan fingerprint density at radius 1 is 1.15 bits per heavy atom. The molecule has 2 aliphatic carbocycles. The summed E-state index contributed by atoms with van der Waals surface area (Å²) >= 11 is 0. The lowest BCUT2D eigenvalue weighted by atomic mass is 9.84. The molecule has 0 spiro atoms. The molecular weight excluding hydrogens is 248 g/mol. The molecule has 3 nitrogen and oxygen atoms in total. The molecule has 1 heterocycles. The fourth-order valence-electron chi connectivity index (χ4n) is 3.76. The summed E-state index contributed by atoms with van der Waals surface area (Å²) in [5.41, 5.74) is 0. The fourth-order valence-corrected chi connectivity index (χ4v) is 3.76. The summed E-state index contributed by atoms with van der Waals surface area (Å²) in [5, 5.41) is 3.29. The Hall–Kier alpha value is -0.570. The molecule has 20 heavy (non-hydrogen) atoms. The first kappa shape index (κ1) is 14.4. The highest BCUT2D eigenvalue weighted by Gasteiger charge is 2.36. The second-order valence-electron chi connectivity index (χ2n) is 7.68. The van der Waals surface area contributed by atoms with Crippen LogP contribution in [0.5, 0.6) is 0 Å². The Morgan fingerprint density at radius 3 is 2.45 bits per heavy atom. The van der Waals surface area contributed by atoms with Gasteiger partial charge in [0.25, 0.3) is 0 Å². The van der Waals surface area contributed by atoms with Gasteiger partial charge in [0.1, 0.15) is 0 Å². The van der Waals surface area contributed by atoms with E-state index in [2.05, 4.69) is 10.2 Å². The number of nitrogens with one attached hydrogen (secondary N) is 1. The highest BCUT2D eigenvalue weighted by atomic mass is 16.1. The zero-order valence-corrected chi connectivity index (χ0v) is 13.1. The van der Waals surface area contributed by atoms with Gasteiger partial charge in [-0.1, -0.05) is 33.1 Å². The van der Waals surface area contributed by atoms with Crippen molar-refractivity contribution in [1.82, 2.24) is 10.2 Å². The number of amides is 1. The number of carbonyl (C=O) groups excluding carboxylic acids is 1. The van der Waals surface area contributed by atoms with E-state index in [1.54, 1.807) is 0 Å². The molecule has 0 radical (unpaired) electrons. The minimum atomic E-state index is 0.107. The largest absolute Gasteiger partial charge is 0.352 e. The van der Waals surface area contributed by atoms with Crippen molar-refractivity contribution in [3.05, 3.63) is 0 Å². The van der Waals surface area contributed by atoms with Gasteiger partial charge in [0.15, 0.2) is 0 Å². The third-order valence-corrected chi connectivity index (χ3v) is 5.39. The van der Waals surface area contributed by atoms with E-state index in [9.17, 15) is 4.79 Å². The molecule has 3 aliphatic rings. The number of carbonyl (C=O) groups is 1. The lowest BCUT2D eigenvalue weighted by Crippen LogP contribution is -2.55. The van der Waals surface area contributed by atoms with Crippen molar-refractivity contribution in [3.8, 4) is 0 Å². The maximum atomic E-state index is 12.0. The van der Waals surface area contributed by atoms with Crippen LogP contribution in [0.4, 0.5) is 0 Å². The Balaban J connectivity index is 1.57. The number of hydrogen-bond acceptors (Lipinski definition) is 2. The highest BCUT2D eigenvalue weighted by molar-refractivity contribution is 5.78. The van der Waals surface area contributed by atoms with Crippen LogP contribution in [0.25, 0.3) is 0 Å². The lowest BCUT2D eigenvalue weighted by Gasteiger charge is -2.45. The molecule has 3 rings (SSSR count). The third-order valence-electron chi connectivity index (χ3n) is 5.39. The highest BCUT2D eigenvalue weighted by Crippen LogP contribution is 2.39. The first-order valence-electron chi connectivity index (χ1n) is 8.66. The van der Waals surface area contributed by atoms with E-state index in [1.807, 2.05) is 13.8 Å². The Bertz CT molecular complexity index is 347. The molecular formula is C17H30N2O. The minimum Gasteiger partial charge on any atom is -0.352 e. The first-order valence-corrected chi connectivity index (χ1v) is 8.66. The average molecular weight is 278 g/mol. The zero-order valence-electron chi connectivity index (χ0n) is 13.1. The summed E-state index contributed by atoms with van der Waals surface area (Å²) in [4.78, 5) is 14.7. The van der Waals surface area contributed by atoms with Gasteiger partial charge < -0.3 is 5.32 Å². The number of nitrogens with zero attached hydrogens (tertiary/aromatic N) is 1. The van der Waals surface area contributed by atoms with E-state index < -0.39 is 0 Å². The summed E-state index contributed by atoms with van der Waals surface area (Å²) in [6.07, 6.45) is 9.65. The van der Waals surface area contributed by atoms with Crippen LogP contribution in [0.2, 0.25) is 0 Å². The SMILES string of the molecule is CC(C)C(=O)NC1CC(CC2CC2)CN(C2CCC2)C1. The van der Waals surface area contributed by atoms with Crippen LogP contribution in [0.1, 0.15) is 58.8 Å². The molecule has 1 aliphatic heterocycles. The second-order valence-corrected chi connectivity index (χ2v) is 7.68. The molecule has 2 atom stereocenters. The molecule has 0 aromatic heterocycles. The van der Waals surface area contributed by atoms with Crippen molar-refractivity contribution in [3.63, 3.8) is 0 Å². The number of hydrogen-bond donors (Lipinski definition) is 1. The van der Waals surface area contributed by atoms with E-state index in [-0.39, 0.29) is 11.8 Å². The van der Waals surface area contributed by atoms with Gasteiger partial charge in [-0.3, -0.25) is 9.69 Å². The molecule has 2 saturated carbocycles. The first-order chi connectivity index (χ1) is 9.61. The molecule has 2 unspecified atom stereocenters. The quantitative estimate of drug-likeness (QED) is 0.838. The van der Waals surface area contributed by atoms with Crippen LogP contribution in [0.3, 0.4) is 0 Å². The number of rotatable bonds is 5. The predicted molar refractivity (Wildman–Crippen MR) is 81.4 cm³/mol. The van der Waals surface area contributed by atoms with Crippen molar-refractivity contribution >= 4 is 5.91 Å². The van der Waals surface area contributed by atoms with Crippen LogP contribution in [-0.2, 0) is 4.79 Å². The van der Waals surface area contributed by atoms with Gasteiger partial charge in [-0.2, -0.15) is 0 Å². The van der Waals surface area contributed by atoms with Crippen LogP contribution in [0.15, 0.2) is 0 Å². The molecule has 1 N–H and O–H groups in total. The summed E-state index contributed by atoms with van der Waals surface area (Å²) in [6.45, 7) is 6.35. The lowest BCUT2D eigenvalue weighted by molar-refractivity contribution is -0.125. The van der Waals surface area contributed by atoms with Gasteiger partial charge >= 0.3 is 0 Å². The van der Waals surface area contributed by atoms with Crippen molar-refractivity contribution in [2.45, 2.75) is 70.9 Å². The van der Waals surface area contributed by atoms with Gasteiger partial charge in [-0.05, 0) is 37.5 Å². The van der Waals surface area contributed by atoms with Crippen molar-refractivity contribution < 1.29 is 4.79 Å². The number of piperidine rings is 1. The van der Waals surface area contributed by atoms with E-state index in [0.717, 1.165) is 24.4 Å². The molecule has 0 aromatic carbocycles. The van der Waals surface area contributed by atoms with Crippen LogP contribution < -0.4 is 5.32 Å². The van der Waals surface area contributed by atoms with Gasteiger partial charge in [-0.25, -0.2) is 0 Å². The van der Waals surface area contributed by atoms with E-state index in [1.165, 1.54) is 51.5 Å². The van der Waals surface area contributed by atoms with E-state index in [0.29, 0.717) is 6.04 Å². The molecule has 1 saturated heterocycles. The van der Waals surface area contributed by atoms with Gasteiger partial charge in [0.05, 0.1) is 0 Å². The minimum absolute atomic E-state index is 0.107.